The molecule has 0 bridgehead atoms. The predicted molar refractivity (Wildman–Crippen MR) is 175 cm³/mol. The van der Waals surface area contributed by atoms with Crippen molar-refractivity contribution in [3.05, 3.63) is 107 Å². The van der Waals surface area contributed by atoms with Crippen LogP contribution >= 0.6 is 24.8 Å². The lowest BCUT2D eigenvalue weighted by molar-refractivity contribution is 0.0684. The molecule has 2 N–H and O–H groups in total. The first-order valence-electron chi connectivity index (χ1n) is 14.3. The Labute approximate surface area is 272 Å². The molecule has 0 saturated heterocycles. The third-order valence-corrected chi connectivity index (χ3v) is 7.85. The summed E-state index contributed by atoms with van der Waals surface area (Å²) in [5.41, 5.74) is 4.28. The van der Waals surface area contributed by atoms with Gasteiger partial charge in [0.25, 0.3) is 0 Å². The molecule has 0 amide bonds. The van der Waals surface area contributed by atoms with Gasteiger partial charge in [0.05, 0.1) is 22.2 Å². The lowest BCUT2D eigenvalue weighted by Crippen LogP contribution is -2.14. The molecule has 1 fully saturated rings. The van der Waals surface area contributed by atoms with Crippen molar-refractivity contribution in [2.24, 2.45) is 0 Å². The Hall–Kier alpha value is -4.60. The van der Waals surface area contributed by atoms with Gasteiger partial charge in [-0.05, 0) is 85.1 Å². The molecular weight excluding hydrogens is 617 g/mol. The van der Waals surface area contributed by atoms with Crippen molar-refractivity contribution in [2.45, 2.75) is 51.4 Å². The maximum Gasteiger partial charge on any atom is 0.336 e. The summed E-state index contributed by atoms with van der Waals surface area (Å²) in [4.78, 5) is 32.4. The number of rotatable bonds is 10. The number of hydrogen-bond acceptors (Lipinski definition) is 6. The predicted octanol–water partition coefficient (Wildman–Crippen LogP) is 8.00. The highest BCUT2D eigenvalue weighted by molar-refractivity contribution is 5.93. The number of fused-ring (bicyclic) bond motifs is 1. The van der Waals surface area contributed by atoms with Gasteiger partial charge in [0.1, 0.15) is 30.5 Å². The van der Waals surface area contributed by atoms with E-state index in [1.807, 2.05) is 42.5 Å². The lowest BCUT2D eigenvalue weighted by atomic mass is 9.95. The Morgan fingerprint density at radius 2 is 1.47 bits per heavy atom. The largest absolute Gasteiger partial charge is 0.489 e. The molecule has 0 spiro atoms. The van der Waals surface area contributed by atoms with Gasteiger partial charge in [-0.2, -0.15) is 0 Å². The molecule has 11 heteroatoms. The Balaban J connectivity index is 0.00000230. The van der Waals surface area contributed by atoms with Crippen molar-refractivity contribution in [3.8, 4) is 22.9 Å². The van der Waals surface area contributed by atoms with Gasteiger partial charge in [-0.3, -0.25) is 4.98 Å². The zero-order valence-electron chi connectivity index (χ0n) is 24.3. The highest BCUT2D eigenvalue weighted by atomic mass is 35.5. The van der Waals surface area contributed by atoms with Crippen LogP contribution in [0.2, 0.25) is 0 Å². The summed E-state index contributed by atoms with van der Waals surface area (Å²) in [5.74, 6) is -0.192. The van der Waals surface area contributed by atoms with Gasteiger partial charge in [0.15, 0.2) is 0 Å². The summed E-state index contributed by atoms with van der Waals surface area (Å²) in [6.45, 7) is 0.378. The first-order valence-corrected chi connectivity index (χ1v) is 14.3. The van der Waals surface area contributed by atoms with Crippen LogP contribution in [-0.2, 0) is 13.2 Å². The number of aromatic nitrogens is 3. The number of carbonyl (C=O) groups is 2. The third kappa shape index (κ3) is 7.56. The van der Waals surface area contributed by atoms with E-state index in [2.05, 4.69) is 9.55 Å². The van der Waals surface area contributed by atoms with Crippen LogP contribution in [0.4, 0.5) is 0 Å². The standard InChI is InChI=1S/C34H31N3O6.2ClH/c38-33(39)24-9-13-31-30(18-24)36-32(37(31)26-4-2-1-3-5-26)23-6-10-27(11-7-23)43-21-25-8-12-28(19-29(25)34(40)41)42-20-22-14-16-35-17-15-22;;/h6-19,26H,1-5,20-21H2,(H,38,39)(H,40,41);2*1H. The molecule has 0 atom stereocenters. The molecule has 0 radical (unpaired) electrons. The first kappa shape index (κ1) is 33.3. The summed E-state index contributed by atoms with van der Waals surface area (Å²) in [6.07, 6.45) is 8.99. The molecule has 1 aliphatic rings. The van der Waals surface area contributed by atoms with Crippen molar-refractivity contribution < 1.29 is 29.3 Å². The molecule has 2 aromatic heterocycles. The van der Waals surface area contributed by atoms with Gasteiger partial charge in [0.2, 0.25) is 0 Å². The maximum absolute atomic E-state index is 12.0. The quantitative estimate of drug-likeness (QED) is 0.156. The number of ether oxygens (including phenoxy) is 2. The van der Waals surface area contributed by atoms with E-state index in [0.717, 1.165) is 48.2 Å². The fourth-order valence-corrected chi connectivity index (χ4v) is 5.62. The Morgan fingerprint density at radius 3 is 2.16 bits per heavy atom. The van der Waals surface area contributed by atoms with E-state index in [4.69, 9.17) is 14.5 Å². The zero-order chi connectivity index (χ0) is 29.8. The number of hydrogen-bond donors (Lipinski definition) is 2. The van der Waals surface area contributed by atoms with Crippen LogP contribution in [-0.4, -0.2) is 36.7 Å². The summed E-state index contributed by atoms with van der Waals surface area (Å²) in [6, 6.07) is 21.6. The second-order valence-corrected chi connectivity index (χ2v) is 10.7. The Bertz CT molecular complexity index is 1770. The highest BCUT2D eigenvalue weighted by Crippen LogP contribution is 2.36. The highest BCUT2D eigenvalue weighted by Gasteiger charge is 2.23. The maximum atomic E-state index is 12.0. The molecule has 5 aromatic rings. The third-order valence-electron chi connectivity index (χ3n) is 7.85. The van der Waals surface area contributed by atoms with Crippen molar-refractivity contribution in [1.29, 1.82) is 0 Å². The normalized spacial score (nSPS) is 13.0. The van der Waals surface area contributed by atoms with Crippen LogP contribution in [0, 0.1) is 0 Å². The number of nitrogens with zero attached hydrogens (tertiary/aromatic N) is 3. The van der Waals surface area contributed by atoms with E-state index in [9.17, 15) is 19.8 Å². The molecular formula is C34H33Cl2N3O6. The number of halogens is 2. The fraction of sp³-hybridized carbons (Fsp3) is 0.235. The SMILES string of the molecule is Cl.Cl.O=C(O)c1ccc2c(c1)nc(-c1ccc(OCc3ccc(OCc4ccncc4)cc3C(=O)O)cc1)n2C1CCCCC1. The zero-order valence-corrected chi connectivity index (χ0v) is 25.9. The van der Waals surface area contributed by atoms with Gasteiger partial charge >= 0.3 is 11.9 Å². The fourth-order valence-electron chi connectivity index (χ4n) is 5.62. The average molecular weight is 651 g/mol. The lowest BCUT2D eigenvalue weighted by Gasteiger charge is -2.25. The first-order chi connectivity index (χ1) is 21.0. The van der Waals surface area contributed by atoms with Crippen molar-refractivity contribution >= 4 is 47.8 Å². The minimum atomic E-state index is -1.06. The minimum absolute atomic E-state index is 0. The Morgan fingerprint density at radius 1 is 0.778 bits per heavy atom. The molecule has 1 saturated carbocycles. The minimum Gasteiger partial charge on any atom is -0.489 e. The van der Waals surface area contributed by atoms with E-state index in [0.29, 0.717) is 35.2 Å². The second kappa shape index (κ2) is 14.9. The molecule has 6 rings (SSSR count). The molecule has 3 aromatic carbocycles. The van der Waals surface area contributed by atoms with Crippen molar-refractivity contribution in [1.82, 2.24) is 14.5 Å². The molecule has 0 aliphatic heterocycles. The number of aromatic carboxylic acids is 2. The average Bonchev–Trinajstić information content (AvgIpc) is 3.43. The van der Waals surface area contributed by atoms with E-state index < -0.39 is 11.9 Å². The van der Waals surface area contributed by atoms with Crippen LogP contribution in [0.15, 0.2) is 85.2 Å². The van der Waals surface area contributed by atoms with Crippen LogP contribution in [0.1, 0.15) is 70.0 Å². The number of carboxylic acids is 2. The van der Waals surface area contributed by atoms with Gasteiger partial charge in [0, 0.05) is 29.6 Å². The topological polar surface area (TPSA) is 124 Å². The molecule has 0 unspecified atom stereocenters. The summed E-state index contributed by atoms with van der Waals surface area (Å²) in [7, 11) is 0. The summed E-state index contributed by atoms with van der Waals surface area (Å²) >= 11 is 0. The summed E-state index contributed by atoms with van der Waals surface area (Å²) < 4.78 is 14.0. The number of imidazole rings is 1. The van der Waals surface area contributed by atoms with Gasteiger partial charge in [-0.1, -0.05) is 25.3 Å². The summed E-state index contributed by atoms with van der Waals surface area (Å²) in [5, 5.41) is 19.3. The van der Waals surface area contributed by atoms with Gasteiger partial charge in [-0.15, -0.1) is 24.8 Å². The molecule has 45 heavy (non-hydrogen) atoms. The van der Waals surface area contributed by atoms with Crippen LogP contribution < -0.4 is 9.47 Å². The van der Waals surface area contributed by atoms with E-state index in [1.165, 1.54) is 12.5 Å². The molecule has 1 aliphatic carbocycles. The van der Waals surface area contributed by atoms with E-state index in [1.54, 1.807) is 36.7 Å². The van der Waals surface area contributed by atoms with Crippen LogP contribution in [0.5, 0.6) is 11.5 Å². The van der Waals surface area contributed by atoms with Gasteiger partial charge < -0.3 is 24.3 Å². The number of carboxylic acid groups (broad SMARTS) is 2. The van der Waals surface area contributed by atoms with E-state index >= 15 is 0 Å². The smallest absolute Gasteiger partial charge is 0.336 e. The van der Waals surface area contributed by atoms with Crippen molar-refractivity contribution in [3.63, 3.8) is 0 Å². The number of benzene rings is 3. The number of pyridine rings is 1. The monoisotopic (exact) mass is 649 g/mol. The van der Waals surface area contributed by atoms with Crippen molar-refractivity contribution in [2.75, 3.05) is 0 Å². The Kier molecular flexibility index (Phi) is 11.0. The second-order valence-electron chi connectivity index (χ2n) is 10.7. The van der Waals surface area contributed by atoms with Crippen LogP contribution in [0.25, 0.3) is 22.4 Å². The molecule has 9 nitrogen and oxygen atoms in total. The van der Waals surface area contributed by atoms with Crippen LogP contribution in [0.3, 0.4) is 0 Å². The van der Waals surface area contributed by atoms with E-state index in [-0.39, 0.29) is 42.5 Å². The van der Waals surface area contributed by atoms with Gasteiger partial charge in [-0.25, -0.2) is 14.6 Å². The molecule has 234 valence electrons. The molecule has 2 heterocycles.